The number of hydrogen-bond donors (Lipinski definition) is 1. The SMILES string of the molecule is CCCCCCN(CCCCCC)C[C@@H](O)c1cc(-c2ccc(Cl)cc2)nc2c(C)cccc12. The highest BCUT2D eigenvalue weighted by molar-refractivity contribution is 6.30. The van der Waals surface area contributed by atoms with E-state index in [-0.39, 0.29) is 0 Å². The Bertz CT molecular complexity index is 1010. The highest BCUT2D eigenvalue weighted by Gasteiger charge is 2.19. The molecule has 34 heavy (non-hydrogen) atoms. The number of pyridine rings is 1. The second-order valence-electron chi connectivity index (χ2n) is 9.51. The van der Waals surface area contributed by atoms with Crippen LogP contribution in [0.3, 0.4) is 0 Å². The Morgan fingerprint density at radius 3 is 2.15 bits per heavy atom. The average molecular weight is 481 g/mol. The number of aromatic nitrogens is 1. The van der Waals surface area contributed by atoms with Crippen LogP contribution in [0.15, 0.2) is 48.5 Å². The molecule has 0 amide bonds. The van der Waals surface area contributed by atoms with E-state index >= 15 is 0 Å². The second-order valence-corrected chi connectivity index (χ2v) is 9.95. The number of para-hydroxylation sites is 1. The summed E-state index contributed by atoms with van der Waals surface area (Å²) in [6.07, 6.45) is 9.41. The van der Waals surface area contributed by atoms with Crippen LogP contribution in [-0.4, -0.2) is 34.6 Å². The van der Waals surface area contributed by atoms with Crippen LogP contribution >= 0.6 is 11.6 Å². The maximum Gasteiger partial charge on any atom is 0.0924 e. The molecule has 0 saturated heterocycles. The van der Waals surface area contributed by atoms with E-state index in [1.807, 2.05) is 24.3 Å². The molecule has 1 aromatic heterocycles. The van der Waals surface area contributed by atoms with E-state index < -0.39 is 6.10 Å². The monoisotopic (exact) mass is 480 g/mol. The van der Waals surface area contributed by atoms with Gasteiger partial charge in [-0.2, -0.15) is 0 Å². The molecule has 0 bridgehead atoms. The highest BCUT2D eigenvalue weighted by Crippen LogP contribution is 2.31. The molecule has 4 heteroatoms. The van der Waals surface area contributed by atoms with E-state index in [1.54, 1.807) is 0 Å². The van der Waals surface area contributed by atoms with Crippen molar-refractivity contribution < 1.29 is 5.11 Å². The molecule has 184 valence electrons. The van der Waals surface area contributed by atoms with Gasteiger partial charge in [-0.25, -0.2) is 4.98 Å². The van der Waals surface area contributed by atoms with Crippen molar-refractivity contribution in [3.8, 4) is 11.3 Å². The topological polar surface area (TPSA) is 36.4 Å². The lowest BCUT2D eigenvalue weighted by Crippen LogP contribution is -2.31. The fourth-order valence-electron chi connectivity index (χ4n) is 4.62. The summed E-state index contributed by atoms with van der Waals surface area (Å²) >= 11 is 6.12. The minimum Gasteiger partial charge on any atom is -0.387 e. The minimum absolute atomic E-state index is 0.560. The summed E-state index contributed by atoms with van der Waals surface area (Å²) < 4.78 is 0. The first-order chi connectivity index (χ1) is 16.5. The van der Waals surface area contributed by atoms with E-state index in [4.69, 9.17) is 16.6 Å². The van der Waals surface area contributed by atoms with Crippen molar-refractivity contribution in [2.45, 2.75) is 78.2 Å². The Labute approximate surface area is 211 Å². The van der Waals surface area contributed by atoms with Gasteiger partial charge in [0.05, 0.1) is 17.3 Å². The predicted molar refractivity (Wildman–Crippen MR) is 147 cm³/mol. The second kappa shape index (κ2) is 13.8. The number of nitrogens with zero attached hydrogens (tertiary/aromatic N) is 2. The molecule has 0 aliphatic heterocycles. The van der Waals surface area contributed by atoms with Crippen molar-refractivity contribution in [1.29, 1.82) is 0 Å². The van der Waals surface area contributed by atoms with Gasteiger partial charge in [-0.3, -0.25) is 0 Å². The Balaban J connectivity index is 1.87. The van der Waals surface area contributed by atoms with E-state index in [2.05, 4.69) is 49.9 Å². The number of halogens is 1. The molecule has 0 fully saturated rings. The summed E-state index contributed by atoms with van der Waals surface area (Å²) in [5.74, 6) is 0. The van der Waals surface area contributed by atoms with Crippen molar-refractivity contribution in [2.24, 2.45) is 0 Å². The molecule has 1 heterocycles. The third-order valence-corrected chi connectivity index (χ3v) is 6.91. The summed E-state index contributed by atoms with van der Waals surface area (Å²) in [4.78, 5) is 7.44. The quantitative estimate of drug-likeness (QED) is 0.235. The van der Waals surface area contributed by atoms with E-state index in [1.165, 1.54) is 51.4 Å². The van der Waals surface area contributed by atoms with Crippen molar-refractivity contribution in [2.75, 3.05) is 19.6 Å². The van der Waals surface area contributed by atoms with E-state index in [0.717, 1.165) is 46.4 Å². The predicted octanol–water partition coefficient (Wildman–Crippen LogP) is 8.36. The van der Waals surface area contributed by atoms with Crippen LogP contribution in [0, 0.1) is 6.92 Å². The summed E-state index contributed by atoms with van der Waals surface area (Å²) in [7, 11) is 0. The Morgan fingerprint density at radius 1 is 0.882 bits per heavy atom. The molecule has 1 N–H and O–H groups in total. The molecule has 0 aliphatic carbocycles. The standard InChI is InChI=1S/C30H41ClN2O/c1-4-6-8-10-19-33(20-11-9-7-5-2)22-29(34)27-21-28(24-15-17-25(31)18-16-24)32-30-23(3)13-12-14-26(27)30/h12-18,21,29,34H,4-11,19-20,22H2,1-3H3/t29-/m1/s1. The van der Waals surface area contributed by atoms with Gasteiger partial charge in [0.1, 0.15) is 0 Å². The summed E-state index contributed by atoms with van der Waals surface area (Å²) in [5, 5.41) is 13.3. The van der Waals surface area contributed by atoms with Crippen LogP contribution in [0.1, 0.15) is 82.4 Å². The van der Waals surface area contributed by atoms with Crippen molar-refractivity contribution in [3.05, 3.63) is 64.7 Å². The molecule has 0 unspecified atom stereocenters. The fraction of sp³-hybridized carbons (Fsp3) is 0.500. The van der Waals surface area contributed by atoms with Gasteiger partial charge in [0.2, 0.25) is 0 Å². The molecule has 0 spiro atoms. The first-order valence-electron chi connectivity index (χ1n) is 13.1. The van der Waals surface area contributed by atoms with Gasteiger partial charge in [0.15, 0.2) is 0 Å². The molecule has 3 rings (SSSR count). The summed E-state index contributed by atoms with van der Waals surface area (Å²) in [5.41, 5.74) is 4.94. The maximum atomic E-state index is 11.5. The van der Waals surface area contributed by atoms with Gasteiger partial charge in [-0.15, -0.1) is 0 Å². The molecule has 3 nitrogen and oxygen atoms in total. The number of benzene rings is 2. The van der Waals surface area contributed by atoms with Crippen LogP contribution in [0.5, 0.6) is 0 Å². The lowest BCUT2D eigenvalue weighted by Gasteiger charge is -2.26. The summed E-state index contributed by atoms with van der Waals surface area (Å²) in [6.45, 7) is 9.35. The third-order valence-electron chi connectivity index (χ3n) is 6.66. The van der Waals surface area contributed by atoms with Gasteiger partial charge in [-0.05, 0) is 62.2 Å². The summed E-state index contributed by atoms with van der Waals surface area (Å²) in [6, 6.07) is 16.1. The van der Waals surface area contributed by atoms with Gasteiger partial charge in [-0.1, -0.05) is 94.3 Å². The minimum atomic E-state index is -0.560. The third kappa shape index (κ3) is 7.53. The lowest BCUT2D eigenvalue weighted by molar-refractivity contribution is 0.111. The molecule has 0 aliphatic rings. The van der Waals surface area contributed by atoms with Gasteiger partial charge < -0.3 is 10.0 Å². The molecular formula is C30H41ClN2O. The highest BCUT2D eigenvalue weighted by atomic mass is 35.5. The van der Waals surface area contributed by atoms with E-state index in [9.17, 15) is 5.11 Å². The number of aliphatic hydroxyl groups is 1. The zero-order valence-electron chi connectivity index (χ0n) is 21.2. The fourth-order valence-corrected chi connectivity index (χ4v) is 4.75. The largest absolute Gasteiger partial charge is 0.387 e. The number of rotatable bonds is 14. The Morgan fingerprint density at radius 2 is 1.53 bits per heavy atom. The van der Waals surface area contributed by atoms with E-state index in [0.29, 0.717) is 11.6 Å². The van der Waals surface area contributed by atoms with Crippen LogP contribution in [0.4, 0.5) is 0 Å². The van der Waals surface area contributed by atoms with Gasteiger partial charge in [0.25, 0.3) is 0 Å². The number of aryl methyl sites for hydroxylation is 1. The van der Waals surface area contributed by atoms with Gasteiger partial charge >= 0.3 is 0 Å². The molecule has 3 aromatic rings. The normalized spacial score (nSPS) is 12.5. The molecule has 0 radical (unpaired) electrons. The van der Waals surface area contributed by atoms with Crippen LogP contribution < -0.4 is 0 Å². The molecule has 0 saturated carbocycles. The van der Waals surface area contributed by atoms with Gasteiger partial charge in [0, 0.05) is 22.5 Å². The lowest BCUT2D eigenvalue weighted by atomic mass is 9.98. The smallest absolute Gasteiger partial charge is 0.0924 e. The average Bonchev–Trinajstić information content (AvgIpc) is 2.84. The van der Waals surface area contributed by atoms with Crippen LogP contribution in [0.25, 0.3) is 22.2 Å². The maximum absolute atomic E-state index is 11.5. The first kappa shape index (κ1) is 26.7. The van der Waals surface area contributed by atoms with Crippen LogP contribution in [0.2, 0.25) is 5.02 Å². The molecule has 1 atom stereocenters. The first-order valence-corrected chi connectivity index (χ1v) is 13.5. The van der Waals surface area contributed by atoms with Crippen molar-refractivity contribution in [3.63, 3.8) is 0 Å². The number of aliphatic hydroxyl groups excluding tert-OH is 1. The zero-order chi connectivity index (χ0) is 24.3. The van der Waals surface area contributed by atoms with Crippen LogP contribution in [-0.2, 0) is 0 Å². The molecule has 2 aromatic carbocycles. The number of hydrogen-bond acceptors (Lipinski definition) is 3. The van der Waals surface area contributed by atoms with Crippen molar-refractivity contribution in [1.82, 2.24) is 9.88 Å². The van der Waals surface area contributed by atoms with Crippen molar-refractivity contribution >= 4 is 22.5 Å². The number of unbranched alkanes of at least 4 members (excludes halogenated alkanes) is 6. The zero-order valence-corrected chi connectivity index (χ0v) is 21.9. The molecular weight excluding hydrogens is 440 g/mol. The Kier molecular flexibility index (Phi) is 10.8. The Hall–Kier alpha value is -1.94. The number of fused-ring (bicyclic) bond motifs is 1.